The molecular formula is C27H24BrClN2O3. The van der Waals surface area contributed by atoms with E-state index in [2.05, 4.69) is 27.3 Å². The van der Waals surface area contributed by atoms with Crippen LogP contribution in [-0.2, 0) is 11.4 Å². The van der Waals surface area contributed by atoms with Crippen LogP contribution in [0, 0.1) is 25.2 Å². The third-order valence-electron chi connectivity index (χ3n) is 4.93. The van der Waals surface area contributed by atoms with Crippen LogP contribution in [0.25, 0.3) is 6.08 Å². The molecule has 1 N–H and O–H groups in total. The summed E-state index contributed by atoms with van der Waals surface area (Å²) in [6, 6.07) is 18.7. The van der Waals surface area contributed by atoms with E-state index in [1.807, 2.05) is 45.0 Å². The van der Waals surface area contributed by atoms with Crippen LogP contribution in [0.15, 0.2) is 64.6 Å². The summed E-state index contributed by atoms with van der Waals surface area (Å²) >= 11 is 9.66. The molecule has 0 aliphatic carbocycles. The first-order valence-electron chi connectivity index (χ1n) is 10.6. The maximum absolute atomic E-state index is 12.7. The van der Waals surface area contributed by atoms with Gasteiger partial charge in [-0.3, -0.25) is 4.79 Å². The fourth-order valence-corrected chi connectivity index (χ4v) is 3.80. The lowest BCUT2D eigenvalue weighted by Gasteiger charge is -2.14. The highest BCUT2D eigenvalue weighted by atomic mass is 79.9. The summed E-state index contributed by atoms with van der Waals surface area (Å²) in [6.07, 6.45) is 1.50. The van der Waals surface area contributed by atoms with Gasteiger partial charge in [0.1, 0.15) is 18.2 Å². The van der Waals surface area contributed by atoms with Crippen molar-refractivity contribution in [2.45, 2.75) is 27.4 Å². The van der Waals surface area contributed by atoms with Crippen molar-refractivity contribution >= 4 is 45.2 Å². The fourth-order valence-electron chi connectivity index (χ4n) is 3.18. The second kappa shape index (κ2) is 11.7. The highest BCUT2D eigenvalue weighted by Gasteiger charge is 2.15. The van der Waals surface area contributed by atoms with Crippen LogP contribution < -0.4 is 14.8 Å². The molecule has 0 aliphatic rings. The molecule has 0 atom stereocenters. The van der Waals surface area contributed by atoms with Gasteiger partial charge in [-0.25, -0.2) is 0 Å². The molecule has 3 rings (SSSR count). The Hall–Kier alpha value is -3.27. The molecule has 0 aromatic heterocycles. The Morgan fingerprint density at radius 3 is 2.56 bits per heavy atom. The normalized spacial score (nSPS) is 11.0. The second-order valence-corrected chi connectivity index (χ2v) is 8.88. The molecule has 0 heterocycles. The van der Waals surface area contributed by atoms with Crippen LogP contribution in [0.4, 0.5) is 5.69 Å². The Morgan fingerprint density at radius 2 is 1.88 bits per heavy atom. The minimum atomic E-state index is -0.535. The average molecular weight is 540 g/mol. The number of carbonyl (C=O) groups excluding carboxylic acids is 1. The second-order valence-electron chi connectivity index (χ2n) is 7.62. The van der Waals surface area contributed by atoms with Gasteiger partial charge in [0.25, 0.3) is 5.91 Å². The maximum atomic E-state index is 12.7. The van der Waals surface area contributed by atoms with E-state index in [1.54, 1.807) is 30.3 Å². The van der Waals surface area contributed by atoms with Crippen LogP contribution >= 0.6 is 27.5 Å². The summed E-state index contributed by atoms with van der Waals surface area (Å²) in [7, 11) is 0. The minimum Gasteiger partial charge on any atom is -0.490 e. The first kappa shape index (κ1) is 25.4. The number of ether oxygens (including phenoxy) is 2. The predicted molar refractivity (Wildman–Crippen MR) is 139 cm³/mol. The molecule has 7 heteroatoms. The van der Waals surface area contributed by atoms with Gasteiger partial charge in [0, 0.05) is 15.2 Å². The van der Waals surface area contributed by atoms with Crippen molar-refractivity contribution in [1.29, 1.82) is 5.26 Å². The van der Waals surface area contributed by atoms with Gasteiger partial charge in [-0.2, -0.15) is 5.26 Å². The van der Waals surface area contributed by atoms with E-state index in [1.165, 1.54) is 6.08 Å². The third-order valence-corrected chi connectivity index (χ3v) is 6.03. The molecule has 0 radical (unpaired) electrons. The maximum Gasteiger partial charge on any atom is 0.266 e. The zero-order chi connectivity index (χ0) is 24.7. The van der Waals surface area contributed by atoms with Crippen LogP contribution in [0.5, 0.6) is 11.5 Å². The van der Waals surface area contributed by atoms with Crippen molar-refractivity contribution in [3.8, 4) is 17.6 Å². The van der Waals surface area contributed by atoms with E-state index in [0.29, 0.717) is 45.5 Å². The van der Waals surface area contributed by atoms with Crippen molar-refractivity contribution in [2.24, 2.45) is 0 Å². The van der Waals surface area contributed by atoms with Crippen molar-refractivity contribution in [1.82, 2.24) is 0 Å². The van der Waals surface area contributed by atoms with Gasteiger partial charge in [0.2, 0.25) is 0 Å². The highest BCUT2D eigenvalue weighted by Crippen LogP contribution is 2.35. The van der Waals surface area contributed by atoms with Crippen LogP contribution in [-0.4, -0.2) is 12.5 Å². The monoisotopic (exact) mass is 538 g/mol. The van der Waals surface area contributed by atoms with Gasteiger partial charge < -0.3 is 14.8 Å². The van der Waals surface area contributed by atoms with E-state index in [4.69, 9.17) is 21.1 Å². The zero-order valence-corrected chi connectivity index (χ0v) is 21.5. The molecule has 0 unspecified atom stereocenters. The minimum absolute atomic E-state index is 0.0618. The Morgan fingerprint density at radius 1 is 1.12 bits per heavy atom. The summed E-state index contributed by atoms with van der Waals surface area (Å²) in [5.41, 5.74) is 4.15. The first-order valence-corrected chi connectivity index (χ1v) is 11.8. The Labute approximate surface area is 213 Å². The van der Waals surface area contributed by atoms with Crippen LogP contribution in [0.1, 0.15) is 29.2 Å². The van der Waals surface area contributed by atoms with E-state index in [0.717, 1.165) is 16.7 Å². The number of nitrogens with zero attached hydrogens (tertiary/aromatic N) is 1. The number of benzene rings is 3. The highest BCUT2D eigenvalue weighted by molar-refractivity contribution is 9.10. The van der Waals surface area contributed by atoms with Gasteiger partial charge in [-0.15, -0.1) is 0 Å². The summed E-state index contributed by atoms with van der Waals surface area (Å²) < 4.78 is 12.4. The average Bonchev–Trinajstić information content (AvgIpc) is 2.80. The molecule has 3 aromatic rings. The van der Waals surface area contributed by atoms with Gasteiger partial charge in [0.15, 0.2) is 11.5 Å². The Balaban J connectivity index is 1.85. The van der Waals surface area contributed by atoms with E-state index >= 15 is 0 Å². The number of aryl methyl sites for hydroxylation is 2. The van der Waals surface area contributed by atoms with Gasteiger partial charge in [-0.1, -0.05) is 63.4 Å². The number of rotatable bonds is 8. The van der Waals surface area contributed by atoms with Gasteiger partial charge >= 0.3 is 0 Å². The Kier molecular flexibility index (Phi) is 8.75. The molecule has 0 saturated heterocycles. The number of nitrogens with one attached hydrogen (secondary N) is 1. The molecule has 5 nitrogen and oxygen atoms in total. The zero-order valence-electron chi connectivity index (χ0n) is 19.1. The topological polar surface area (TPSA) is 71.3 Å². The van der Waals surface area contributed by atoms with Crippen LogP contribution in [0.2, 0.25) is 5.02 Å². The van der Waals surface area contributed by atoms with E-state index in [9.17, 15) is 10.1 Å². The summed E-state index contributed by atoms with van der Waals surface area (Å²) in [6.45, 7) is 6.60. The summed E-state index contributed by atoms with van der Waals surface area (Å²) in [5.74, 6) is 0.546. The summed E-state index contributed by atoms with van der Waals surface area (Å²) in [5, 5.41) is 12.9. The molecular weight excluding hydrogens is 516 g/mol. The van der Waals surface area contributed by atoms with E-state index < -0.39 is 5.91 Å². The molecule has 0 aliphatic heterocycles. The number of nitriles is 1. The lowest BCUT2D eigenvalue weighted by Crippen LogP contribution is -2.13. The smallest absolute Gasteiger partial charge is 0.266 e. The molecule has 34 heavy (non-hydrogen) atoms. The van der Waals surface area contributed by atoms with Crippen molar-refractivity contribution in [3.05, 3.63) is 91.9 Å². The number of amides is 1. The number of hydrogen-bond donors (Lipinski definition) is 1. The largest absolute Gasteiger partial charge is 0.490 e. The third kappa shape index (κ3) is 6.63. The fraction of sp³-hybridized carbons (Fsp3) is 0.185. The van der Waals surface area contributed by atoms with Crippen molar-refractivity contribution in [3.63, 3.8) is 0 Å². The SMILES string of the molecule is CCOc1cc(/C=C(/C#N)C(=O)Nc2ccc(C)c(Cl)c2)c(Br)cc1OCc1cccc(C)c1. The van der Waals surface area contributed by atoms with Gasteiger partial charge in [-0.05, 0) is 67.8 Å². The molecule has 3 aromatic carbocycles. The Bertz CT molecular complexity index is 1280. The molecule has 0 spiro atoms. The molecule has 174 valence electrons. The first-order chi connectivity index (χ1) is 16.3. The van der Waals surface area contributed by atoms with Crippen molar-refractivity contribution in [2.75, 3.05) is 11.9 Å². The lowest BCUT2D eigenvalue weighted by molar-refractivity contribution is -0.112. The number of halogens is 2. The summed E-state index contributed by atoms with van der Waals surface area (Å²) in [4.78, 5) is 12.7. The van der Waals surface area contributed by atoms with E-state index in [-0.39, 0.29) is 5.57 Å². The van der Waals surface area contributed by atoms with Crippen molar-refractivity contribution < 1.29 is 14.3 Å². The molecule has 0 saturated carbocycles. The van der Waals surface area contributed by atoms with Gasteiger partial charge in [0.05, 0.1) is 6.61 Å². The molecule has 1 amide bonds. The lowest BCUT2D eigenvalue weighted by atomic mass is 10.1. The predicted octanol–water partition coefficient (Wildman–Crippen LogP) is 7.24. The number of hydrogen-bond acceptors (Lipinski definition) is 4. The standard InChI is InChI=1S/C27H24BrClN2O3/c1-4-33-25-12-20(23(28)14-26(25)34-16-19-7-5-6-17(2)10-19)11-21(15-30)27(32)31-22-9-8-18(3)24(29)13-22/h5-14H,4,16H2,1-3H3,(H,31,32)/b21-11-. The molecule has 0 fully saturated rings. The number of carbonyl (C=O) groups is 1. The quantitative estimate of drug-likeness (QED) is 0.242. The van der Waals surface area contributed by atoms with Crippen LogP contribution in [0.3, 0.4) is 0 Å². The number of anilines is 1. The molecule has 0 bridgehead atoms.